The summed E-state index contributed by atoms with van der Waals surface area (Å²) < 4.78 is 53.3. The topological polar surface area (TPSA) is 40.6 Å². The Hall–Kier alpha value is -1.99. The summed E-state index contributed by atoms with van der Waals surface area (Å²) in [5.74, 6) is -1.71. The van der Waals surface area contributed by atoms with Crippen LogP contribution in [-0.4, -0.2) is 45.5 Å². The fraction of sp³-hybridized carbons (Fsp3) is 0.455. The van der Waals surface area contributed by atoms with Crippen molar-refractivity contribution in [3.63, 3.8) is 0 Å². The molecule has 0 atom stereocenters. The highest BCUT2D eigenvalue weighted by molar-refractivity contribution is 7.91. The molecular weight excluding hydrogens is 394 g/mol. The van der Waals surface area contributed by atoms with Crippen LogP contribution >= 0.6 is 0 Å². The van der Waals surface area contributed by atoms with Crippen LogP contribution in [0.4, 0.5) is 14.5 Å². The highest BCUT2D eigenvalue weighted by Crippen LogP contribution is 2.35. The molecule has 156 valence electrons. The summed E-state index contributed by atoms with van der Waals surface area (Å²) in [6.07, 6.45) is 4.14. The van der Waals surface area contributed by atoms with Crippen LogP contribution in [0.3, 0.4) is 0 Å². The van der Waals surface area contributed by atoms with Gasteiger partial charge in [-0.2, -0.15) is 0 Å². The quantitative estimate of drug-likeness (QED) is 0.732. The first-order valence-electron chi connectivity index (χ1n) is 10.2. The maximum Gasteiger partial charge on any atom is 0.209 e. The first-order chi connectivity index (χ1) is 13.9. The number of nitrogens with zero attached hydrogens (tertiary/aromatic N) is 2. The second-order valence-electron chi connectivity index (χ2n) is 7.88. The zero-order chi connectivity index (χ0) is 20.6. The van der Waals surface area contributed by atoms with Crippen molar-refractivity contribution in [3.05, 3.63) is 53.6 Å². The van der Waals surface area contributed by atoms with Gasteiger partial charge in [0.05, 0.1) is 4.90 Å². The maximum atomic E-state index is 14.1. The Balaban J connectivity index is 1.57. The Labute approximate surface area is 171 Å². The van der Waals surface area contributed by atoms with E-state index < -0.39 is 26.4 Å². The van der Waals surface area contributed by atoms with Crippen LogP contribution in [0, 0.1) is 11.6 Å². The van der Waals surface area contributed by atoms with Crippen molar-refractivity contribution in [2.45, 2.75) is 48.4 Å². The fourth-order valence-corrected chi connectivity index (χ4v) is 5.92. The molecule has 2 heterocycles. The summed E-state index contributed by atoms with van der Waals surface area (Å²) >= 11 is 0. The van der Waals surface area contributed by atoms with Crippen LogP contribution < -0.4 is 4.90 Å². The highest BCUT2D eigenvalue weighted by Gasteiger charge is 2.31. The zero-order valence-electron chi connectivity index (χ0n) is 16.6. The molecule has 2 aliphatic heterocycles. The third-order valence-corrected chi connectivity index (χ3v) is 7.78. The summed E-state index contributed by atoms with van der Waals surface area (Å²) in [6, 6.07) is 7.94. The molecule has 1 fully saturated rings. The van der Waals surface area contributed by atoms with E-state index in [2.05, 4.69) is 16.7 Å². The largest absolute Gasteiger partial charge is 0.368 e. The fourth-order valence-electron chi connectivity index (χ4n) is 4.53. The molecule has 0 bridgehead atoms. The molecule has 0 aromatic heterocycles. The summed E-state index contributed by atoms with van der Waals surface area (Å²) in [4.78, 5) is 4.28. The number of hydrogen-bond acceptors (Lipinski definition) is 4. The number of likely N-dealkylation sites (tertiary alicyclic amines) is 1. The SMILES string of the molecule is CCCN1CCC(N2CCc3cc(S(=O)(=O)c4cc(F)ccc4F)ccc32)CC1. The minimum atomic E-state index is -4.11. The second-order valence-corrected chi connectivity index (χ2v) is 9.80. The minimum absolute atomic E-state index is 0.0142. The van der Waals surface area contributed by atoms with E-state index in [1.165, 1.54) is 12.5 Å². The van der Waals surface area contributed by atoms with Crippen LogP contribution in [0.2, 0.25) is 0 Å². The number of benzene rings is 2. The van der Waals surface area contributed by atoms with Gasteiger partial charge in [0.1, 0.15) is 16.5 Å². The van der Waals surface area contributed by atoms with E-state index >= 15 is 0 Å². The lowest BCUT2D eigenvalue weighted by atomic mass is 10.0. The number of halogens is 2. The first kappa shape index (κ1) is 20.3. The maximum absolute atomic E-state index is 14.1. The zero-order valence-corrected chi connectivity index (χ0v) is 17.4. The number of anilines is 1. The smallest absolute Gasteiger partial charge is 0.209 e. The average Bonchev–Trinajstić information content (AvgIpc) is 3.14. The van der Waals surface area contributed by atoms with Gasteiger partial charge in [0, 0.05) is 31.4 Å². The lowest BCUT2D eigenvalue weighted by Crippen LogP contribution is -2.44. The number of rotatable bonds is 5. The monoisotopic (exact) mass is 420 g/mol. The van der Waals surface area contributed by atoms with E-state index in [0.717, 1.165) is 74.9 Å². The van der Waals surface area contributed by atoms with E-state index in [1.807, 2.05) is 6.07 Å². The average molecular weight is 421 g/mol. The lowest BCUT2D eigenvalue weighted by Gasteiger charge is -2.38. The molecule has 1 saturated heterocycles. The first-order valence-corrected chi connectivity index (χ1v) is 11.7. The van der Waals surface area contributed by atoms with Crippen molar-refractivity contribution in [2.24, 2.45) is 0 Å². The number of piperidine rings is 1. The Morgan fingerprint density at radius 3 is 2.52 bits per heavy atom. The molecule has 0 unspecified atom stereocenters. The molecule has 2 aliphatic rings. The molecule has 0 radical (unpaired) electrons. The van der Waals surface area contributed by atoms with E-state index in [9.17, 15) is 17.2 Å². The van der Waals surface area contributed by atoms with Crippen molar-refractivity contribution in [1.82, 2.24) is 4.90 Å². The van der Waals surface area contributed by atoms with E-state index in [-0.39, 0.29) is 4.90 Å². The predicted molar refractivity (Wildman–Crippen MR) is 109 cm³/mol. The normalized spacial score (nSPS) is 18.2. The van der Waals surface area contributed by atoms with E-state index in [0.29, 0.717) is 6.04 Å². The molecule has 4 nitrogen and oxygen atoms in total. The van der Waals surface area contributed by atoms with E-state index in [1.54, 1.807) is 6.07 Å². The minimum Gasteiger partial charge on any atom is -0.368 e. The Kier molecular flexibility index (Phi) is 5.62. The summed E-state index contributed by atoms with van der Waals surface area (Å²) in [6.45, 7) is 6.39. The van der Waals surface area contributed by atoms with Gasteiger partial charge < -0.3 is 9.80 Å². The molecule has 4 rings (SSSR count). The van der Waals surface area contributed by atoms with Gasteiger partial charge >= 0.3 is 0 Å². The predicted octanol–water partition coefficient (Wildman–Crippen LogP) is 4.03. The van der Waals surface area contributed by atoms with Crippen LogP contribution in [0.5, 0.6) is 0 Å². The molecule has 0 N–H and O–H groups in total. The molecule has 2 aromatic carbocycles. The van der Waals surface area contributed by atoms with Gasteiger partial charge in [0.2, 0.25) is 9.84 Å². The van der Waals surface area contributed by atoms with Gasteiger partial charge in [-0.3, -0.25) is 0 Å². The van der Waals surface area contributed by atoms with Crippen molar-refractivity contribution in [2.75, 3.05) is 31.1 Å². The van der Waals surface area contributed by atoms with Gasteiger partial charge in [0.25, 0.3) is 0 Å². The second kappa shape index (κ2) is 8.03. The molecule has 0 amide bonds. The molecule has 0 aliphatic carbocycles. The van der Waals surface area contributed by atoms with Crippen molar-refractivity contribution < 1.29 is 17.2 Å². The number of sulfone groups is 1. The molecule has 7 heteroatoms. The Morgan fingerprint density at radius 2 is 1.79 bits per heavy atom. The summed E-state index contributed by atoms with van der Waals surface area (Å²) in [5, 5.41) is 0. The Morgan fingerprint density at radius 1 is 1.03 bits per heavy atom. The van der Waals surface area contributed by atoms with Gasteiger partial charge in [-0.05, 0) is 74.2 Å². The van der Waals surface area contributed by atoms with Crippen LogP contribution in [0.15, 0.2) is 46.2 Å². The molecule has 29 heavy (non-hydrogen) atoms. The Bertz CT molecular complexity index is 1000. The third-order valence-electron chi connectivity index (χ3n) is 6.01. The van der Waals surface area contributed by atoms with Gasteiger partial charge in [-0.1, -0.05) is 6.92 Å². The molecular formula is C22H26F2N2O2S. The number of fused-ring (bicyclic) bond motifs is 1. The van der Waals surface area contributed by atoms with Gasteiger partial charge in [-0.15, -0.1) is 0 Å². The van der Waals surface area contributed by atoms with Crippen molar-refractivity contribution >= 4 is 15.5 Å². The summed E-state index contributed by atoms with van der Waals surface area (Å²) in [7, 11) is -4.11. The van der Waals surface area contributed by atoms with E-state index in [4.69, 9.17) is 0 Å². The van der Waals surface area contributed by atoms with Crippen molar-refractivity contribution in [3.8, 4) is 0 Å². The van der Waals surface area contributed by atoms with Crippen LogP contribution in [0.1, 0.15) is 31.7 Å². The summed E-state index contributed by atoms with van der Waals surface area (Å²) in [5.41, 5.74) is 2.02. The number of hydrogen-bond donors (Lipinski definition) is 0. The van der Waals surface area contributed by atoms with Crippen molar-refractivity contribution in [1.29, 1.82) is 0 Å². The van der Waals surface area contributed by atoms with Gasteiger partial charge in [0.15, 0.2) is 0 Å². The molecule has 2 aromatic rings. The molecule has 0 saturated carbocycles. The van der Waals surface area contributed by atoms with Crippen LogP contribution in [-0.2, 0) is 16.3 Å². The van der Waals surface area contributed by atoms with Crippen LogP contribution in [0.25, 0.3) is 0 Å². The highest BCUT2D eigenvalue weighted by atomic mass is 32.2. The van der Waals surface area contributed by atoms with Gasteiger partial charge in [-0.25, -0.2) is 17.2 Å². The molecule has 0 spiro atoms. The lowest BCUT2D eigenvalue weighted by molar-refractivity contribution is 0.210. The third kappa shape index (κ3) is 3.90. The standard InChI is InChI=1S/C22H26F2N2O2S/c1-2-10-25-11-8-18(9-12-25)26-13-7-16-14-19(4-6-21(16)26)29(27,28)22-15-17(23)3-5-20(22)24/h3-6,14-15,18H,2,7-13H2,1H3.